The molecule has 0 radical (unpaired) electrons. The SMILES string of the molecule is Cc1sc(-c2ccc(C(F)(F)F)cc2)cc1C1=C(c2ccc3c(cnn3C)c2C)C(F)(F)C(F)(F)C1(F)F. The number of nitrogens with zero attached hydrogens (tertiary/aromatic N) is 2. The molecule has 0 N–H and O–H groups in total. The molecular weight excluding hydrogens is 543 g/mol. The van der Waals surface area contributed by atoms with Crippen LogP contribution in [0.4, 0.5) is 39.5 Å². The third-order valence-corrected chi connectivity index (χ3v) is 7.92. The van der Waals surface area contributed by atoms with Gasteiger partial charge in [0.1, 0.15) is 0 Å². The van der Waals surface area contributed by atoms with Crippen LogP contribution in [0.2, 0.25) is 0 Å². The maximum absolute atomic E-state index is 15.3. The highest BCUT2D eigenvalue weighted by Crippen LogP contribution is 2.65. The molecule has 0 saturated heterocycles. The van der Waals surface area contributed by atoms with Gasteiger partial charge in [-0.3, -0.25) is 4.68 Å². The molecule has 0 bridgehead atoms. The standard InChI is InChI=1S/C26H17F9N2S/c1-12-16(8-9-19-18(12)11-36-37(19)3)21-22(24(29,30)26(34,35)23(21,27)28)17-10-20(38-13(17)2)14-4-6-15(7-5-14)25(31,32)33/h4-11H,1-3H3. The van der Waals surface area contributed by atoms with E-state index >= 15 is 17.6 Å². The first-order chi connectivity index (χ1) is 17.5. The van der Waals surface area contributed by atoms with E-state index in [-0.39, 0.29) is 20.9 Å². The molecule has 4 aromatic rings. The van der Waals surface area contributed by atoms with Gasteiger partial charge in [-0.15, -0.1) is 11.3 Å². The lowest BCUT2D eigenvalue weighted by molar-refractivity contribution is -0.254. The number of benzene rings is 2. The third kappa shape index (κ3) is 3.52. The predicted octanol–water partition coefficient (Wildman–Crippen LogP) is 8.77. The molecule has 38 heavy (non-hydrogen) atoms. The molecule has 0 amide bonds. The van der Waals surface area contributed by atoms with Gasteiger partial charge in [-0.2, -0.15) is 44.6 Å². The van der Waals surface area contributed by atoms with Crippen LogP contribution in [0.3, 0.4) is 0 Å². The molecule has 12 heteroatoms. The van der Waals surface area contributed by atoms with Crippen molar-refractivity contribution >= 4 is 33.4 Å². The summed E-state index contributed by atoms with van der Waals surface area (Å²) < 4.78 is 131. The Balaban J connectivity index is 1.76. The molecular formula is C26H17F9N2S. The van der Waals surface area contributed by atoms with Gasteiger partial charge >= 0.3 is 23.9 Å². The second-order valence-corrected chi connectivity index (χ2v) is 10.3. The van der Waals surface area contributed by atoms with Gasteiger partial charge in [0.2, 0.25) is 0 Å². The Hall–Kier alpha value is -3.28. The van der Waals surface area contributed by atoms with Crippen LogP contribution < -0.4 is 0 Å². The minimum absolute atomic E-state index is 0.0284. The smallest absolute Gasteiger partial charge is 0.268 e. The van der Waals surface area contributed by atoms with Gasteiger partial charge in [0.25, 0.3) is 0 Å². The predicted molar refractivity (Wildman–Crippen MR) is 127 cm³/mol. The maximum atomic E-state index is 15.3. The van der Waals surface area contributed by atoms with E-state index in [1.807, 2.05) is 0 Å². The maximum Gasteiger partial charge on any atom is 0.416 e. The van der Waals surface area contributed by atoms with Crippen LogP contribution in [0, 0.1) is 13.8 Å². The molecule has 0 unspecified atom stereocenters. The summed E-state index contributed by atoms with van der Waals surface area (Å²) in [6, 6.07) is 7.25. The number of aromatic nitrogens is 2. The van der Waals surface area contributed by atoms with Crippen LogP contribution in [0.15, 0.2) is 48.7 Å². The average Bonchev–Trinajstić information content (AvgIpc) is 3.42. The van der Waals surface area contributed by atoms with Gasteiger partial charge in [0.15, 0.2) is 0 Å². The minimum atomic E-state index is -5.73. The summed E-state index contributed by atoms with van der Waals surface area (Å²) in [7, 11) is 1.58. The first-order valence-electron chi connectivity index (χ1n) is 11.1. The van der Waals surface area contributed by atoms with E-state index in [4.69, 9.17) is 0 Å². The Kier molecular flexibility index (Phi) is 5.62. The van der Waals surface area contributed by atoms with E-state index in [0.717, 1.165) is 47.7 Å². The first kappa shape index (κ1) is 26.3. The molecule has 2 heterocycles. The van der Waals surface area contributed by atoms with Crippen molar-refractivity contribution in [1.82, 2.24) is 9.78 Å². The number of allylic oxidation sites excluding steroid dienone is 2. The molecule has 1 aliphatic carbocycles. The van der Waals surface area contributed by atoms with Crippen LogP contribution >= 0.6 is 11.3 Å². The molecule has 2 aromatic heterocycles. The van der Waals surface area contributed by atoms with Crippen molar-refractivity contribution in [2.75, 3.05) is 0 Å². The number of hydrogen-bond acceptors (Lipinski definition) is 2. The Morgan fingerprint density at radius 2 is 1.39 bits per heavy atom. The average molecular weight is 560 g/mol. The Labute approximate surface area is 214 Å². The van der Waals surface area contributed by atoms with Crippen LogP contribution in [-0.2, 0) is 13.2 Å². The van der Waals surface area contributed by atoms with Gasteiger partial charge in [-0.1, -0.05) is 18.2 Å². The zero-order valence-electron chi connectivity index (χ0n) is 19.8. The third-order valence-electron chi connectivity index (χ3n) is 6.82. The summed E-state index contributed by atoms with van der Waals surface area (Å²) in [5.74, 6) is -16.2. The van der Waals surface area contributed by atoms with Gasteiger partial charge in [-0.05, 0) is 60.4 Å². The lowest BCUT2D eigenvalue weighted by Crippen LogP contribution is -2.49. The molecule has 0 fully saturated rings. The minimum Gasteiger partial charge on any atom is -0.268 e. The molecule has 0 atom stereocenters. The zero-order valence-corrected chi connectivity index (χ0v) is 20.6. The van der Waals surface area contributed by atoms with Crippen LogP contribution in [0.1, 0.15) is 27.1 Å². The van der Waals surface area contributed by atoms with Crippen LogP contribution in [0.5, 0.6) is 0 Å². The lowest BCUT2D eigenvalue weighted by atomic mass is 9.91. The highest BCUT2D eigenvalue weighted by molar-refractivity contribution is 7.15. The van der Waals surface area contributed by atoms with E-state index in [2.05, 4.69) is 5.10 Å². The van der Waals surface area contributed by atoms with E-state index in [1.54, 1.807) is 7.05 Å². The van der Waals surface area contributed by atoms with Crippen molar-refractivity contribution in [3.8, 4) is 10.4 Å². The number of fused-ring (bicyclic) bond motifs is 1. The second kappa shape index (κ2) is 8.11. The van der Waals surface area contributed by atoms with E-state index in [9.17, 15) is 22.0 Å². The summed E-state index contributed by atoms with van der Waals surface area (Å²) in [5.41, 5.74) is -4.18. The quantitative estimate of drug-likeness (QED) is 0.229. The molecule has 2 aromatic carbocycles. The number of rotatable bonds is 3. The molecule has 5 rings (SSSR count). The Bertz CT molecular complexity index is 1610. The fourth-order valence-corrected chi connectivity index (χ4v) is 5.80. The number of thiophene rings is 1. The molecule has 0 spiro atoms. The van der Waals surface area contributed by atoms with E-state index < -0.39 is 51.8 Å². The summed E-state index contributed by atoms with van der Waals surface area (Å²) in [4.78, 5) is 0.188. The highest BCUT2D eigenvalue weighted by Gasteiger charge is 2.80. The number of hydrogen-bond donors (Lipinski definition) is 0. The summed E-state index contributed by atoms with van der Waals surface area (Å²) in [6.45, 7) is 2.67. The van der Waals surface area contributed by atoms with Crippen molar-refractivity contribution in [3.05, 3.63) is 75.8 Å². The molecule has 0 aliphatic heterocycles. The van der Waals surface area contributed by atoms with Crippen molar-refractivity contribution in [3.63, 3.8) is 0 Å². The molecule has 1 aliphatic rings. The Morgan fingerprint density at radius 1 is 0.816 bits per heavy atom. The fourth-order valence-electron chi connectivity index (χ4n) is 4.77. The highest BCUT2D eigenvalue weighted by atomic mass is 32.1. The van der Waals surface area contributed by atoms with Gasteiger partial charge in [0.05, 0.1) is 17.3 Å². The summed E-state index contributed by atoms with van der Waals surface area (Å²) >= 11 is 0.824. The van der Waals surface area contributed by atoms with Crippen molar-refractivity contribution in [2.45, 2.75) is 37.8 Å². The topological polar surface area (TPSA) is 17.8 Å². The van der Waals surface area contributed by atoms with Crippen LogP contribution in [-0.4, -0.2) is 27.5 Å². The zero-order chi connectivity index (χ0) is 28.0. The number of halogens is 9. The lowest BCUT2D eigenvalue weighted by Gasteiger charge is -2.26. The summed E-state index contributed by atoms with van der Waals surface area (Å²) in [6.07, 6.45) is -3.28. The van der Waals surface area contributed by atoms with Gasteiger partial charge < -0.3 is 0 Å². The number of aryl methyl sites for hydroxylation is 3. The fraction of sp³-hybridized carbons (Fsp3) is 0.269. The molecule has 2 nitrogen and oxygen atoms in total. The number of alkyl halides is 9. The van der Waals surface area contributed by atoms with E-state index in [1.165, 1.54) is 30.8 Å². The van der Waals surface area contributed by atoms with Gasteiger partial charge in [0, 0.05) is 33.3 Å². The molecule has 200 valence electrons. The largest absolute Gasteiger partial charge is 0.416 e. The van der Waals surface area contributed by atoms with Crippen LogP contribution in [0.25, 0.3) is 32.5 Å². The van der Waals surface area contributed by atoms with Crippen molar-refractivity contribution in [2.24, 2.45) is 7.05 Å². The second-order valence-electron chi connectivity index (χ2n) is 9.07. The molecule has 0 saturated carbocycles. The first-order valence-corrected chi connectivity index (χ1v) is 11.9. The normalized spacial score (nSPS) is 18.5. The van der Waals surface area contributed by atoms with Crippen molar-refractivity contribution < 1.29 is 39.5 Å². The van der Waals surface area contributed by atoms with E-state index in [0.29, 0.717) is 10.9 Å². The summed E-state index contributed by atoms with van der Waals surface area (Å²) in [5, 5.41) is 4.35. The Morgan fingerprint density at radius 3 is 1.97 bits per heavy atom. The van der Waals surface area contributed by atoms with Crippen molar-refractivity contribution in [1.29, 1.82) is 0 Å². The van der Waals surface area contributed by atoms with Gasteiger partial charge in [-0.25, -0.2) is 0 Å². The monoisotopic (exact) mass is 560 g/mol.